The Hall–Kier alpha value is -2.87. The standard InChI is InChI=1S/C15H14N2O5S/c1-23(21,22)11-6-4-5-10(9-11)14(19)16-17-15(20)12-7-2-3-8-13(12)18/h2-9,18H,1H3,(H,16,19)(H,17,20). The van der Waals surface area contributed by atoms with Crippen LogP contribution in [0.4, 0.5) is 0 Å². The summed E-state index contributed by atoms with van der Waals surface area (Å²) in [5, 5.41) is 9.55. The lowest BCUT2D eigenvalue weighted by Crippen LogP contribution is -2.41. The van der Waals surface area contributed by atoms with E-state index in [0.29, 0.717) is 0 Å². The van der Waals surface area contributed by atoms with Gasteiger partial charge in [0.25, 0.3) is 11.8 Å². The second kappa shape index (κ2) is 6.49. The van der Waals surface area contributed by atoms with Gasteiger partial charge in [0, 0.05) is 11.8 Å². The fraction of sp³-hybridized carbons (Fsp3) is 0.0667. The molecule has 3 N–H and O–H groups in total. The summed E-state index contributed by atoms with van der Waals surface area (Å²) in [7, 11) is -3.44. The molecule has 23 heavy (non-hydrogen) atoms. The summed E-state index contributed by atoms with van der Waals surface area (Å²) >= 11 is 0. The largest absolute Gasteiger partial charge is 0.507 e. The smallest absolute Gasteiger partial charge is 0.273 e. The molecule has 2 rings (SSSR count). The van der Waals surface area contributed by atoms with Crippen LogP contribution in [0.15, 0.2) is 53.4 Å². The number of hydrazine groups is 1. The number of rotatable bonds is 3. The zero-order valence-electron chi connectivity index (χ0n) is 12.1. The summed E-state index contributed by atoms with van der Waals surface area (Å²) < 4.78 is 22.9. The quantitative estimate of drug-likeness (QED) is 0.721. The molecule has 7 nitrogen and oxygen atoms in total. The molecular formula is C15H14N2O5S. The summed E-state index contributed by atoms with van der Waals surface area (Å²) in [5.74, 6) is -1.60. The third kappa shape index (κ3) is 4.07. The summed E-state index contributed by atoms with van der Waals surface area (Å²) in [6.45, 7) is 0. The van der Waals surface area contributed by atoms with E-state index in [1.165, 1.54) is 36.4 Å². The van der Waals surface area contributed by atoms with Gasteiger partial charge in [0.05, 0.1) is 10.5 Å². The number of benzene rings is 2. The number of nitrogens with one attached hydrogen (secondary N) is 2. The van der Waals surface area contributed by atoms with Crippen LogP contribution in [-0.2, 0) is 9.84 Å². The van der Waals surface area contributed by atoms with Crippen LogP contribution in [0, 0.1) is 0 Å². The minimum atomic E-state index is -3.44. The summed E-state index contributed by atoms with van der Waals surface area (Å²) in [5.41, 5.74) is 4.38. The Morgan fingerprint density at radius 3 is 2.26 bits per heavy atom. The van der Waals surface area contributed by atoms with Crippen LogP contribution in [-0.4, -0.2) is 31.6 Å². The first kappa shape index (κ1) is 16.5. The first-order valence-corrected chi connectivity index (χ1v) is 8.37. The Labute approximate surface area is 132 Å². The molecule has 2 amide bonds. The summed E-state index contributed by atoms with van der Waals surface area (Å²) in [4.78, 5) is 23.8. The Bertz CT molecular complexity index is 862. The molecule has 0 fully saturated rings. The SMILES string of the molecule is CS(=O)(=O)c1cccc(C(=O)NNC(=O)c2ccccc2O)c1. The van der Waals surface area contributed by atoms with Crippen molar-refractivity contribution in [2.24, 2.45) is 0 Å². The van der Waals surface area contributed by atoms with Gasteiger partial charge in [0.1, 0.15) is 5.75 Å². The van der Waals surface area contributed by atoms with E-state index in [4.69, 9.17) is 0 Å². The van der Waals surface area contributed by atoms with Crippen molar-refractivity contribution in [3.8, 4) is 5.75 Å². The maximum absolute atomic E-state index is 12.0. The second-order valence-electron chi connectivity index (χ2n) is 4.73. The maximum Gasteiger partial charge on any atom is 0.273 e. The molecule has 0 heterocycles. The fourth-order valence-electron chi connectivity index (χ4n) is 1.79. The number of sulfone groups is 1. The maximum atomic E-state index is 12.0. The third-order valence-electron chi connectivity index (χ3n) is 2.96. The second-order valence-corrected chi connectivity index (χ2v) is 6.74. The van der Waals surface area contributed by atoms with Crippen LogP contribution in [0.2, 0.25) is 0 Å². The molecule has 0 bridgehead atoms. The van der Waals surface area contributed by atoms with Gasteiger partial charge in [-0.3, -0.25) is 20.4 Å². The predicted octanol–water partition coefficient (Wildman–Crippen LogP) is 0.870. The minimum absolute atomic E-state index is 0.00214. The molecule has 0 saturated heterocycles. The van der Waals surface area contributed by atoms with E-state index >= 15 is 0 Å². The van der Waals surface area contributed by atoms with Crippen LogP contribution in [0.3, 0.4) is 0 Å². The zero-order chi connectivity index (χ0) is 17.0. The van der Waals surface area contributed by atoms with Crippen molar-refractivity contribution in [2.45, 2.75) is 4.90 Å². The molecule has 0 spiro atoms. The molecule has 0 aliphatic heterocycles. The summed E-state index contributed by atoms with van der Waals surface area (Å²) in [6, 6.07) is 11.3. The van der Waals surface area contributed by atoms with Crippen molar-refractivity contribution in [2.75, 3.05) is 6.26 Å². The minimum Gasteiger partial charge on any atom is -0.507 e. The van der Waals surface area contributed by atoms with Crippen LogP contribution < -0.4 is 10.9 Å². The van der Waals surface area contributed by atoms with Crippen LogP contribution in [0.25, 0.3) is 0 Å². The number of aromatic hydroxyl groups is 1. The van der Waals surface area contributed by atoms with Crippen LogP contribution in [0.1, 0.15) is 20.7 Å². The predicted molar refractivity (Wildman–Crippen MR) is 82.6 cm³/mol. The molecule has 0 aliphatic rings. The molecule has 0 unspecified atom stereocenters. The third-order valence-corrected chi connectivity index (χ3v) is 4.07. The lowest BCUT2D eigenvalue weighted by atomic mass is 10.2. The van der Waals surface area contributed by atoms with E-state index in [1.807, 2.05) is 0 Å². The van der Waals surface area contributed by atoms with Crippen molar-refractivity contribution in [3.63, 3.8) is 0 Å². The van der Waals surface area contributed by atoms with Crippen molar-refractivity contribution >= 4 is 21.7 Å². The molecule has 8 heteroatoms. The van der Waals surface area contributed by atoms with Gasteiger partial charge >= 0.3 is 0 Å². The number of hydrogen-bond donors (Lipinski definition) is 3. The highest BCUT2D eigenvalue weighted by Crippen LogP contribution is 2.15. The zero-order valence-corrected chi connectivity index (χ0v) is 12.9. The first-order chi connectivity index (χ1) is 10.8. The van der Waals surface area contributed by atoms with Crippen molar-refractivity contribution < 1.29 is 23.1 Å². The number of phenolic OH excluding ortho intramolecular Hbond substituents is 1. The van der Waals surface area contributed by atoms with E-state index < -0.39 is 21.7 Å². The number of para-hydroxylation sites is 1. The van der Waals surface area contributed by atoms with Gasteiger partial charge in [0.2, 0.25) is 0 Å². The molecule has 0 aromatic heterocycles. The van der Waals surface area contributed by atoms with E-state index in [2.05, 4.69) is 10.9 Å². The van der Waals surface area contributed by atoms with Gasteiger partial charge in [-0.1, -0.05) is 18.2 Å². The highest BCUT2D eigenvalue weighted by atomic mass is 32.2. The Morgan fingerprint density at radius 1 is 0.957 bits per heavy atom. The van der Waals surface area contributed by atoms with Crippen molar-refractivity contribution in [3.05, 3.63) is 59.7 Å². The molecule has 2 aromatic rings. The molecule has 0 aliphatic carbocycles. The van der Waals surface area contributed by atoms with E-state index in [-0.39, 0.29) is 21.8 Å². The van der Waals surface area contributed by atoms with Gasteiger partial charge in [-0.05, 0) is 30.3 Å². The highest BCUT2D eigenvalue weighted by molar-refractivity contribution is 7.90. The number of amides is 2. The Balaban J connectivity index is 2.09. The number of carbonyl (C=O) groups excluding carboxylic acids is 2. The summed E-state index contributed by atoms with van der Waals surface area (Å²) in [6.07, 6.45) is 1.03. The normalized spacial score (nSPS) is 10.8. The highest BCUT2D eigenvalue weighted by Gasteiger charge is 2.14. The first-order valence-electron chi connectivity index (χ1n) is 6.48. The number of carbonyl (C=O) groups is 2. The van der Waals surface area contributed by atoms with E-state index in [1.54, 1.807) is 12.1 Å². The van der Waals surface area contributed by atoms with Crippen LogP contribution in [0.5, 0.6) is 5.75 Å². The van der Waals surface area contributed by atoms with Gasteiger partial charge in [-0.15, -0.1) is 0 Å². The lowest BCUT2D eigenvalue weighted by Gasteiger charge is -2.09. The molecular weight excluding hydrogens is 320 g/mol. The van der Waals surface area contributed by atoms with Gasteiger partial charge < -0.3 is 5.11 Å². The molecule has 0 saturated carbocycles. The van der Waals surface area contributed by atoms with E-state index in [9.17, 15) is 23.1 Å². The van der Waals surface area contributed by atoms with E-state index in [0.717, 1.165) is 6.26 Å². The van der Waals surface area contributed by atoms with Gasteiger partial charge in [-0.25, -0.2) is 8.42 Å². The number of phenols is 1. The van der Waals surface area contributed by atoms with Crippen molar-refractivity contribution in [1.82, 2.24) is 10.9 Å². The van der Waals surface area contributed by atoms with Gasteiger partial charge in [-0.2, -0.15) is 0 Å². The van der Waals surface area contributed by atoms with Crippen LogP contribution >= 0.6 is 0 Å². The molecule has 120 valence electrons. The molecule has 0 atom stereocenters. The average molecular weight is 334 g/mol. The van der Waals surface area contributed by atoms with Gasteiger partial charge in [0.15, 0.2) is 9.84 Å². The lowest BCUT2D eigenvalue weighted by molar-refractivity contribution is 0.0845. The molecule has 0 radical (unpaired) electrons. The van der Waals surface area contributed by atoms with Crippen molar-refractivity contribution in [1.29, 1.82) is 0 Å². The Morgan fingerprint density at radius 2 is 1.61 bits per heavy atom. The monoisotopic (exact) mass is 334 g/mol. The average Bonchev–Trinajstić information content (AvgIpc) is 2.52. The fourth-order valence-corrected chi connectivity index (χ4v) is 2.45. The number of hydrogen-bond acceptors (Lipinski definition) is 5. The molecule has 2 aromatic carbocycles. The topological polar surface area (TPSA) is 113 Å². The Kier molecular flexibility index (Phi) is 4.65.